The zero-order valence-electron chi connectivity index (χ0n) is 10.9. The highest BCUT2D eigenvalue weighted by Gasteiger charge is 2.26. The molecule has 4 N–H and O–H groups in total. The van der Waals surface area contributed by atoms with Gasteiger partial charge in [0, 0.05) is 12.0 Å². The third-order valence-electron chi connectivity index (χ3n) is 2.83. The van der Waals surface area contributed by atoms with E-state index in [-0.39, 0.29) is 23.9 Å². The second kappa shape index (κ2) is 5.38. The molecule has 17 heavy (non-hydrogen) atoms. The summed E-state index contributed by atoms with van der Waals surface area (Å²) in [5, 5.41) is 10.3. The molecule has 0 saturated heterocycles. The summed E-state index contributed by atoms with van der Waals surface area (Å²) < 4.78 is 5.20. The molecule has 1 aliphatic rings. The van der Waals surface area contributed by atoms with Gasteiger partial charge in [-0.1, -0.05) is 6.42 Å². The maximum absolute atomic E-state index is 11.6. The van der Waals surface area contributed by atoms with Gasteiger partial charge in [-0.15, -0.1) is 0 Å². The van der Waals surface area contributed by atoms with Crippen molar-refractivity contribution in [3.8, 4) is 0 Å². The van der Waals surface area contributed by atoms with E-state index in [4.69, 9.17) is 15.9 Å². The van der Waals surface area contributed by atoms with Crippen molar-refractivity contribution in [3.05, 3.63) is 0 Å². The van der Waals surface area contributed by atoms with Gasteiger partial charge in [-0.05, 0) is 40.0 Å². The number of carbonyl (C=O) groups is 1. The van der Waals surface area contributed by atoms with E-state index in [1.807, 2.05) is 20.8 Å². The van der Waals surface area contributed by atoms with Crippen LogP contribution in [0.2, 0.25) is 0 Å². The fraction of sp³-hybridized carbons (Fsp3) is 0.833. The van der Waals surface area contributed by atoms with Gasteiger partial charge in [0.2, 0.25) is 0 Å². The minimum atomic E-state index is -0.473. The summed E-state index contributed by atoms with van der Waals surface area (Å²) in [5.74, 6) is 0.323. The van der Waals surface area contributed by atoms with Gasteiger partial charge in [0.05, 0.1) is 5.84 Å². The maximum atomic E-state index is 11.6. The summed E-state index contributed by atoms with van der Waals surface area (Å²) in [7, 11) is 0. The molecule has 5 nitrogen and oxygen atoms in total. The lowest BCUT2D eigenvalue weighted by Crippen LogP contribution is -2.43. The Morgan fingerprint density at radius 1 is 1.41 bits per heavy atom. The molecule has 5 heteroatoms. The molecule has 0 aliphatic heterocycles. The van der Waals surface area contributed by atoms with Gasteiger partial charge >= 0.3 is 6.09 Å². The first-order valence-electron chi connectivity index (χ1n) is 6.11. The van der Waals surface area contributed by atoms with Crippen molar-refractivity contribution in [2.24, 2.45) is 11.7 Å². The van der Waals surface area contributed by atoms with Crippen LogP contribution in [0.4, 0.5) is 4.79 Å². The number of hydrogen-bond donors (Lipinski definition) is 3. The lowest BCUT2D eigenvalue weighted by Gasteiger charge is -2.30. The summed E-state index contributed by atoms with van der Waals surface area (Å²) in [6, 6.07) is 0.0764. The Kier molecular flexibility index (Phi) is 4.37. The Hall–Kier alpha value is -1.26. The first-order valence-corrected chi connectivity index (χ1v) is 6.11. The summed E-state index contributed by atoms with van der Waals surface area (Å²) in [4.78, 5) is 11.6. The lowest BCUT2D eigenvalue weighted by molar-refractivity contribution is 0.0489. The van der Waals surface area contributed by atoms with Crippen molar-refractivity contribution in [2.75, 3.05) is 0 Å². The van der Waals surface area contributed by atoms with Crippen molar-refractivity contribution >= 4 is 11.9 Å². The Balaban J connectivity index is 2.41. The molecule has 1 fully saturated rings. The van der Waals surface area contributed by atoms with Crippen LogP contribution in [0.15, 0.2) is 0 Å². The average Bonchev–Trinajstić information content (AvgIpc) is 2.14. The van der Waals surface area contributed by atoms with Gasteiger partial charge in [-0.25, -0.2) is 4.79 Å². The number of hydrogen-bond acceptors (Lipinski definition) is 3. The molecule has 2 atom stereocenters. The molecule has 0 bridgehead atoms. The van der Waals surface area contributed by atoms with Crippen molar-refractivity contribution in [3.63, 3.8) is 0 Å². The van der Waals surface area contributed by atoms with E-state index in [0.717, 1.165) is 25.7 Å². The Morgan fingerprint density at radius 2 is 2.06 bits per heavy atom. The summed E-state index contributed by atoms with van der Waals surface area (Å²) >= 11 is 0. The number of amidine groups is 1. The van der Waals surface area contributed by atoms with Crippen LogP contribution in [0.5, 0.6) is 0 Å². The van der Waals surface area contributed by atoms with Crippen molar-refractivity contribution in [1.29, 1.82) is 5.41 Å². The van der Waals surface area contributed by atoms with Crippen molar-refractivity contribution < 1.29 is 9.53 Å². The smallest absolute Gasteiger partial charge is 0.407 e. The predicted molar refractivity (Wildman–Crippen MR) is 67.0 cm³/mol. The molecular weight excluding hydrogens is 218 g/mol. The number of carbonyl (C=O) groups excluding carboxylic acids is 1. The molecule has 1 amide bonds. The van der Waals surface area contributed by atoms with Crippen LogP contribution in [0, 0.1) is 11.3 Å². The molecule has 1 aliphatic carbocycles. The molecule has 1 rings (SSSR count). The van der Waals surface area contributed by atoms with E-state index in [9.17, 15) is 4.79 Å². The monoisotopic (exact) mass is 241 g/mol. The number of nitrogens with two attached hydrogens (primary N) is 1. The lowest BCUT2D eigenvalue weighted by atomic mass is 9.85. The van der Waals surface area contributed by atoms with Gasteiger partial charge < -0.3 is 15.8 Å². The Morgan fingerprint density at radius 3 is 2.59 bits per heavy atom. The highest BCUT2D eigenvalue weighted by atomic mass is 16.6. The zero-order chi connectivity index (χ0) is 13.1. The Labute approximate surface area is 103 Å². The summed E-state index contributed by atoms with van der Waals surface area (Å²) in [6.07, 6.45) is 3.23. The number of alkyl carbamates (subject to hydrolysis) is 1. The molecule has 0 spiro atoms. The molecule has 0 radical (unpaired) electrons. The van der Waals surface area contributed by atoms with Gasteiger partial charge in [0.15, 0.2) is 0 Å². The highest BCUT2D eigenvalue weighted by Crippen LogP contribution is 2.24. The number of nitrogens with one attached hydrogen (secondary N) is 2. The van der Waals surface area contributed by atoms with Crippen LogP contribution in [-0.4, -0.2) is 23.6 Å². The van der Waals surface area contributed by atoms with Crippen LogP contribution in [-0.2, 0) is 4.74 Å². The topological polar surface area (TPSA) is 88.2 Å². The molecule has 0 aromatic rings. The van der Waals surface area contributed by atoms with Gasteiger partial charge in [0.25, 0.3) is 0 Å². The van der Waals surface area contributed by atoms with Gasteiger partial charge in [-0.2, -0.15) is 0 Å². The van der Waals surface area contributed by atoms with Crippen LogP contribution in [0.3, 0.4) is 0 Å². The number of rotatable bonds is 2. The molecule has 2 unspecified atom stereocenters. The largest absolute Gasteiger partial charge is 0.444 e. The standard InChI is InChI=1S/C12H23N3O2/c1-12(2,3)17-11(16)15-9-6-4-5-8(7-9)10(13)14/h8-9H,4-7H2,1-3H3,(H3,13,14)(H,15,16). The van der Waals surface area contributed by atoms with Crippen molar-refractivity contribution in [2.45, 2.75) is 58.1 Å². The number of ether oxygens (including phenoxy) is 1. The first-order chi connectivity index (χ1) is 7.78. The second-order valence-corrected chi connectivity index (χ2v) is 5.66. The van der Waals surface area contributed by atoms with Gasteiger partial charge in [-0.3, -0.25) is 5.41 Å². The fourth-order valence-corrected chi connectivity index (χ4v) is 2.08. The molecule has 1 saturated carbocycles. The third kappa shape index (κ3) is 5.06. The van der Waals surface area contributed by atoms with E-state index in [2.05, 4.69) is 5.32 Å². The molecule has 0 heterocycles. The molecule has 0 aromatic heterocycles. The van der Waals surface area contributed by atoms with Crippen LogP contribution < -0.4 is 11.1 Å². The summed E-state index contributed by atoms with van der Waals surface area (Å²) in [6.45, 7) is 5.52. The molecule has 0 aromatic carbocycles. The van der Waals surface area contributed by atoms with E-state index in [1.165, 1.54) is 0 Å². The summed E-state index contributed by atoms with van der Waals surface area (Å²) in [5.41, 5.74) is 5.03. The fourth-order valence-electron chi connectivity index (χ4n) is 2.08. The normalized spacial score (nSPS) is 25.1. The molecule has 98 valence electrons. The van der Waals surface area contributed by atoms with Crippen LogP contribution in [0.1, 0.15) is 46.5 Å². The highest BCUT2D eigenvalue weighted by molar-refractivity contribution is 5.79. The second-order valence-electron chi connectivity index (χ2n) is 5.66. The minimum Gasteiger partial charge on any atom is -0.444 e. The Bertz CT molecular complexity index is 297. The SMILES string of the molecule is CC(C)(C)OC(=O)NC1CCCC(C(=N)N)C1. The number of amides is 1. The van der Waals surface area contributed by atoms with E-state index >= 15 is 0 Å². The molecular formula is C12H23N3O2. The average molecular weight is 241 g/mol. The minimum absolute atomic E-state index is 0.0764. The predicted octanol–water partition coefficient (Wildman–Crippen LogP) is 2.01. The van der Waals surface area contributed by atoms with E-state index < -0.39 is 5.60 Å². The van der Waals surface area contributed by atoms with Crippen LogP contribution >= 0.6 is 0 Å². The van der Waals surface area contributed by atoms with Gasteiger partial charge in [0.1, 0.15) is 5.60 Å². The zero-order valence-corrected chi connectivity index (χ0v) is 10.9. The van der Waals surface area contributed by atoms with Crippen LogP contribution in [0.25, 0.3) is 0 Å². The maximum Gasteiger partial charge on any atom is 0.407 e. The first kappa shape index (κ1) is 13.8. The quantitative estimate of drug-likeness (QED) is 0.510. The van der Waals surface area contributed by atoms with E-state index in [0.29, 0.717) is 0 Å². The third-order valence-corrected chi connectivity index (χ3v) is 2.83. The van der Waals surface area contributed by atoms with Crippen molar-refractivity contribution in [1.82, 2.24) is 5.32 Å². The van der Waals surface area contributed by atoms with E-state index in [1.54, 1.807) is 0 Å².